The number of nitrogens with one attached hydrogen (secondary N) is 2. The van der Waals surface area contributed by atoms with Crippen molar-refractivity contribution < 1.29 is 29.3 Å². The van der Waals surface area contributed by atoms with Crippen LogP contribution in [0.4, 0.5) is 9.59 Å². The summed E-state index contributed by atoms with van der Waals surface area (Å²) in [5, 5.41) is 26.2. The molecule has 46 heavy (non-hydrogen) atoms. The molecule has 0 saturated carbocycles. The lowest BCUT2D eigenvalue weighted by molar-refractivity contribution is -0.132. The van der Waals surface area contributed by atoms with Crippen LogP contribution in [-0.2, 0) is 22.5 Å². The van der Waals surface area contributed by atoms with Crippen molar-refractivity contribution in [3.63, 3.8) is 0 Å². The summed E-state index contributed by atoms with van der Waals surface area (Å²) in [5.41, 5.74) is 4.79. The van der Waals surface area contributed by atoms with E-state index in [-0.39, 0.29) is 19.5 Å². The number of carboxylic acid groups (broad SMARTS) is 1. The predicted molar refractivity (Wildman–Crippen MR) is 177 cm³/mol. The molecular formula is C35H47N5O6. The van der Waals surface area contributed by atoms with Gasteiger partial charge in [-0.25, -0.2) is 14.6 Å². The molecule has 3 rings (SSSR count). The van der Waals surface area contributed by atoms with Crippen molar-refractivity contribution in [3.8, 4) is 11.3 Å². The van der Waals surface area contributed by atoms with Gasteiger partial charge in [-0.3, -0.25) is 20.1 Å². The van der Waals surface area contributed by atoms with Gasteiger partial charge in [0, 0.05) is 30.4 Å². The van der Waals surface area contributed by atoms with Crippen LogP contribution in [-0.4, -0.2) is 80.6 Å². The Labute approximate surface area is 271 Å². The minimum absolute atomic E-state index is 0.111. The second-order valence-electron chi connectivity index (χ2n) is 13.4. The van der Waals surface area contributed by atoms with E-state index in [1.165, 1.54) is 12.0 Å². The smallest absolute Gasteiger partial charge is 0.408 e. The van der Waals surface area contributed by atoms with Gasteiger partial charge in [0.1, 0.15) is 6.04 Å². The highest BCUT2D eigenvalue weighted by atomic mass is 16.5. The van der Waals surface area contributed by atoms with Crippen LogP contribution in [0.25, 0.3) is 11.3 Å². The Kier molecular flexibility index (Phi) is 12.3. The van der Waals surface area contributed by atoms with E-state index in [0.717, 1.165) is 22.4 Å². The number of rotatable bonds is 12. The number of aliphatic hydroxyl groups excluding tert-OH is 1. The molecule has 0 saturated heterocycles. The van der Waals surface area contributed by atoms with Gasteiger partial charge in [0.05, 0.1) is 24.9 Å². The van der Waals surface area contributed by atoms with E-state index in [1.54, 1.807) is 32.0 Å². The molecule has 11 heteroatoms. The van der Waals surface area contributed by atoms with E-state index in [9.17, 15) is 24.6 Å². The van der Waals surface area contributed by atoms with Gasteiger partial charge in [-0.1, -0.05) is 81.4 Å². The third-order valence-corrected chi connectivity index (χ3v) is 7.53. The maximum Gasteiger partial charge on any atom is 0.408 e. The van der Waals surface area contributed by atoms with E-state index in [4.69, 9.17) is 4.74 Å². The fourth-order valence-electron chi connectivity index (χ4n) is 5.29. The highest BCUT2D eigenvalue weighted by molar-refractivity contribution is 5.86. The zero-order valence-electron chi connectivity index (χ0n) is 27.7. The number of carbonyl (C=O) groups excluding carboxylic acids is 2. The number of benzene rings is 2. The second-order valence-corrected chi connectivity index (χ2v) is 13.4. The van der Waals surface area contributed by atoms with Crippen LogP contribution < -0.4 is 10.7 Å². The van der Waals surface area contributed by atoms with Crippen LogP contribution in [0, 0.1) is 5.41 Å². The Hall–Kier alpha value is -4.48. The molecular weight excluding hydrogens is 586 g/mol. The van der Waals surface area contributed by atoms with Crippen molar-refractivity contribution >= 4 is 18.1 Å². The summed E-state index contributed by atoms with van der Waals surface area (Å²) in [4.78, 5) is 44.1. The number of hydrogen-bond donors (Lipinski definition) is 4. The van der Waals surface area contributed by atoms with Gasteiger partial charge in [-0.2, -0.15) is 0 Å². The highest BCUT2D eigenvalue weighted by Gasteiger charge is 2.39. The van der Waals surface area contributed by atoms with E-state index in [0.29, 0.717) is 0 Å². The van der Waals surface area contributed by atoms with E-state index < -0.39 is 47.2 Å². The quantitative estimate of drug-likeness (QED) is 0.202. The third-order valence-electron chi connectivity index (χ3n) is 7.53. The van der Waals surface area contributed by atoms with Crippen LogP contribution >= 0.6 is 0 Å². The summed E-state index contributed by atoms with van der Waals surface area (Å²) in [5.74, 6) is -0.513. The molecule has 0 aliphatic rings. The van der Waals surface area contributed by atoms with Crippen LogP contribution in [0.5, 0.6) is 0 Å². The van der Waals surface area contributed by atoms with E-state index in [2.05, 4.69) is 15.7 Å². The third kappa shape index (κ3) is 10.3. The van der Waals surface area contributed by atoms with Crippen LogP contribution in [0.1, 0.15) is 52.7 Å². The summed E-state index contributed by atoms with van der Waals surface area (Å²) in [6, 6.07) is 20.9. The standard InChI is InChI=1S/C35H47N5O6/c1-34(2,3)30(37-32(43)46-7)31(42)38-39(22-25-16-18-26(19-17-25)27-15-11-12-20-36-27)23-29(41)28(21-24-13-9-8-10-14-24)40(33(44)45)35(4,5)6/h8-20,28-30,41H,21-23H2,1-7H3,(H,37,43)(H,38,42)(H,44,45)/t28-,29-,30+/m0/s1. The fourth-order valence-corrected chi connectivity index (χ4v) is 5.29. The topological polar surface area (TPSA) is 144 Å². The van der Waals surface area contributed by atoms with E-state index in [1.807, 2.05) is 93.6 Å². The number of pyridine rings is 1. The van der Waals surface area contributed by atoms with Gasteiger partial charge < -0.3 is 20.3 Å². The first-order valence-corrected chi connectivity index (χ1v) is 15.2. The number of aromatic nitrogens is 1. The number of alkyl carbamates (subject to hydrolysis) is 1. The minimum atomic E-state index is -1.22. The SMILES string of the molecule is COC(=O)N[C@H](C(=O)NN(Cc1ccc(-c2ccccn2)cc1)C[C@H](O)[C@H](Cc1ccccc1)N(C(=O)O)C(C)(C)C)C(C)(C)C. The summed E-state index contributed by atoms with van der Waals surface area (Å²) in [6.45, 7) is 10.8. The van der Waals surface area contributed by atoms with Crippen molar-refractivity contribution in [1.82, 2.24) is 25.6 Å². The molecule has 0 unspecified atom stereocenters. The molecule has 248 valence electrons. The molecule has 0 bridgehead atoms. The van der Waals surface area contributed by atoms with Crippen LogP contribution in [0.2, 0.25) is 0 Å². The van der Waals surface area contributed by atoms with Crippen molar-refractivity contribution in [2.45, 2.75) is 78.2 Å². The number of hydrazine groups is 1. The molecule has 1 heterocycles. The van der Waals surface area contributed by atoms with Gasteiger partial charge in [-0.05, 0) is 55.9 Å². The second kappa shape index (κ2) is 15.7. The molecule has 3 atom stereocenters. The molecule has 2 aromatic carbocycles. The molecule has 0 aliphatic carbocycles. The first-order chi connectivity index (χ1) is 21.6. The van der Waals surface area contributed by atoms with Crippen molar-refractivity contribution in [2.24, 2.45) is 5.41 Å². The van der Waals surface area contributed by atoms with Gasteiger partial charge in [0.2, 0.25) is 0 Å². The molecule has 3 aromatic rings. The maximum atomic E-state index is 13.7. The van der Waals surface area contributed by atoms with Gasteiger partial charge in [-0.15, -0.1) is 0 Å². The lowest BCUT2D eigenvalue weighted by atomic mass is 9.86. The highest BCUT2D eigenvalue weighted by Crippen LogP contribution is 2.25. The Balaban J connectivity index is 1.97. The first kappa shape index (κ1) is 36.0. The number of amides is 3. The summed E-state index contributed by atoms with van der Waals surface area (Å²) >= 11 is 0. The minimum Gasteiger partial charge on any atom is -0.465 e. The summed E-state index contributed by atoms with van der Waals surface area (Å²) < 4.78 is 4.76. The summed E-state index contributed by atoms with van der Waals surface area (Å²) in [7, 11) is 1.22. The molecule has 0 radical (unpaired) electrons. The molecule has 1 aromatic heterocycles. The average molecular weight is 634 g/mol. The molecule has 3 amide bonds. The van der Waals surface area contributed by atoms with Crippen molar-refractivity contribution in [1.29, 1.82) is 0 Å². The van der Waals surface area contributed by atoms with Gasteiger partial charge >= 0.3 is 12.2 Å². The largest absolute Gasteiger partial charge is 0.465 e. The predicted octanol–water partition coefficient (Wildman–Crippen LogP) is 5.10. The normalized spacial score (nSPS) is 13.8. The molecule has 11 nitrogen and oxygen atoms in total. The Bertz CT molecular complexity index is 1420. The fraction of sp³-hybridized carbons (Fsp3) is 0.429. The van der Waals surface area contributed by atoms with Crippen LogP contribution in [0.3, 0.4) is 0 Å². The van der Waals surface area contributed by atoms with Gasteiger partial charge in [0.15, 0.2) is 0 Å². The Morgan fingerprint density at radius 2 is 1.52 bits per heavy atom. The molecule has 4 N–H and O–H groups in total. The zero-order valence-corrected chi connectivity index (χ0v) is 27.7. The lowest BCUT2D eigenvalue weighted by Crippen LogP contribution is -2.61. The number of hydrogen-bond acceptors (Lipinski definition) is 7. The number of ether oxygens (including phenoxy) is 1. The van der Waals surface area contributed by atoms with Gasteiger partial charge in [0.25, 0.3) is 5.91 Å². The van der Waals surface area contributed by atoms with Crippen molar-refractivity contribution in [2.75, 3.05) is 13.7 Å². The molecule has 0 aliphatic heterocycles. The maximum absolute atomic E-state index is 13.7. The number of methoxy groups -OCH3 is 1. The Morgan fingerprint density at radius 1 is 0.891 bits per heavy atom. The zero-order chi connectivity index (χ0) is 34.1. The number of aliphatic hydroxyl groups is 1. The van der Waals surface area contributed by atoms with Crippen LogP contribution in [0.15, 0.2) is 79.0 Å². The number of nitrogens with zero attached hydrogens (tertiary/aromatic N) is 3. The summed E-state index contributed by atoms with van der Waals surface area (Å²) in [6.07, 6.45) is -1.16. The van der Waals surface area contributed by atoms with Crippen molar-refractivity contribution in [3.05, 3.63) is 90.1 Å². The van der Waals surface area contributed by atoms with E-state index >= 15 is 0 Å². The first-order valence-electron chi connectivity index (χ1n) is 15.2. The monoisotopic (exact) mass is 633 g/mol. The Morgan fingerprint density at radius 3 is 2.04 bits per heavy atom. The average Bonchev–Trinajstić information content (AvgIpc) is 2.99. The molecule has 0 fully saturated rings. The molecule has 0 spiro atoms. The lowest BCUT2D eigenvalue weighted by Gasteiger charge is -2.43. The number of carbonyl (C=O) groups is 3.